The number of carbonyl (C=O) groups excluding carboxylic acids is 1. The minimum atomic E-state index is -1.48. The number of unbranched alkanes of at least 4 members (excludes halogenated alkanes) is 1. The molecule has 1 saturated heterocycles. The molecular weight excluding hydrogens is 187 g/mol. The van der Waals surface area contributed by atoms with E-state index in [-0.39, 0.29) is 5.92 Å². The fraction of sp³-hybridized carbons (Fsp3) is 0.900. The van der Waals surface area contributed by atoms with E-state index in [9.17, 15) is 9.18 Å². The predicted octanol–water partition coefficient (Wildman–Crippen LogP) is 1.70. The van der Waals surface area contributed by atoms with Gasteiger partial charge in [0.2, 0.25) is 6.17 Å². The number of ether oxygens (including phenoxy) is 2. The summed E-state index contributed by atoms with van der Waals surface area (Å²) in [6, 6.07) is 0. The highest BCUT2D eigenvalue weighted by Gasteiger charge is 2.42. The van der Waals surface area contributed by atoms with Crippen LogP contribution in [0.15, 0.2) is 0 Å². The summed E-state index contributed by atoms with van der Waals surface area (Å²) in [5.74, 6) is -1.13. The van der Waals surface area contributed by atoms with Crippen LogP contribution in [0.2, 0.25) is 0 Å². The first-order valence-corrected chi connectivity index (χ1v) is 5.09. The van der Waals surface area contributed by atoms with E-state index in [0.29, 0.717) is 13.2 Å². The standard InChI is InChI=1S/C10H17FO3/c1-3-4-5-13-6-8-7(2)9(11)10(12)14-8/h7-9H,3-6H2,1-2H3/t7-,8-,9-/m1/s1. The fourth-order valence-electron chi connectivity index (χ4n) is 1.36. The van der Waals surface area contributed by atoms with E-state index >= 15 is 0 Å². The Hall–Kier alpha value is -0.640. The molecule has 4 heteroatoms. The van der Waals surface area contributed by atoms with Crippen LogP contribution in [0.25, 0.3) is 0 Å². The number of carbonyl (C=O) groups is 1. The van der Waals surface area contributed by atoms with Gasteiger partial charge in [-0.05, 0) is 6.42 Å². The Bertz CT molecular complexity index is 196. The van der Waals surface area contributed by atoms with Gasteiger partial charge in [0.1, 0.15) is 6.10 Å². The van der Waals surface area contributed by atoms with Crippen LogP contribution in [0.1, 0.15) is 26.7 Å². The van der Waals surface area contributed by atoms with E-state index in [4.69, 9.17) is 9.47 Å². The zero-order chi connectivity index (χ0) is 10.6. The summed E-state index contributed by atoms with van der Waals surface area (Å²) >= 11 is 0. The van der Waals surface area contributed by atoms with Gasteiger partial charge < -0.3 is 9.47 Å². The Labute approximate surface area is 83.6 Å². The maximum atomic E-state index is 13.0. The summed E-state index contributed by atoms with van der Waals surface area (Å²) in [4.78, 5) is 10.8. The molecule has 1 heterocycles. The molecule has 14 heavy (non-hydrogen) atoms. The Morgan fingerprint density at radius 2 is 2.29 bits per heavy atom. The van der Waals surface area contributed by atoms with Gasteiger partial charge in [-0.1, -0.05) is 20.3 Å². The van der Waals surface area contributed by atoms with Crippen LogP contribution in [0, 0.1) is 5.92 Å². The molecule has 1 aliphatic heterocycles. The molecule has 3 nitrogen and oxygen atoms in total. The average molecular weight is 204 g/mol. The molecular formula is C10H17FO3. The molecule has 0 bridgehead atoms. The lowest BCUT2D eigenvalue weighted by Crippen LogP contribution is -2.23. The van der Waals surface area contributed by atoms with E-state index in [1.54, 1.807) is 6.92 Å². The molecule has 0 aromatic rings. The molecule has 0 amide bonds. The zero-order valence-corrected chi connectivity index (χ0v) is 8.66. The van der Waals surface area contributed by atoms with Gasteiger partial charge in [0.15, 0.2) is 0 Å². The average Bonchev–Trinajstić information content (AvgIpc) is 2.41. The molecule has 82 valence electrons. The van der Waals surface area contributed by atoms with Crippen LogP contribution in [-0.4, -0.2) is 31.5 Å². The summed E-state index contributed by atoms with van der Waals surface area (Å²) in [5, 5.41) is 0. The molecule has 1 fully saturated rings. The molecule has 0 N–H and O–H groups in total. The van der Waals surface area contributed by atoms with Gasteiger partial charge in [-0.3, -0.25) is 0 Å². The van der Waals surface area contributed by atoms with Crippen LogP contribution >= 0.6 is 0 Å². The number of rotatable bonds is 5. The highest BCUT2D eigenvalue weighted by Crippen LogP contribution is 2.24. The third-order valence-corrected chi connectivity index (χ3v) is 2.47. The Balaban J connectivity index is 2.22. The third-order valence-electron chi connectivity index (χ3n) is 2.47. The summed E-state index contributed by atoms with van der Waals surface area (Å²) in [5.41, 5.74) is 0. The lowest BCUT2D eigenvalue weighted by molar-refractivity contribution is -0.146. The highest BCUT2D eigenvalue weighted by atomic mass is 19.1. The Morgan fingerprint density at radius 1 is 1.57 bits per heavy atom. The van der Waals surface area contributed by atoms with Crippen LogP contribution < -0.4 is 0 Å². The minimum absolute atomic E-state index is 0.313. The molecule has 0 aliphatic carbocycles. The molecule has 1 rings (SSSR count). The van der Waals surface area contributed by atoms with Gasteiger partial charge in [-0.2, -0.15) is 0 Å². The SMILES string of the molecule is CCCCOC[C@H]1OC(=O)[C@H](F)[C@@H]1C. The second kappa shape index (κ2) is 5.29. The maximum Gasteiger partial charge on any atom is 0.341 e. The molecule has 0 unspecified atom stereocenters. The van der Waals surface area contributed by atoms with Crippen molar-refractivity contribution >= 4 is 5.97 Å². The normalized spacial score (nSPS) is 31.9. The van der Waals surface area contributed by atoms with Crippen LogP contribution in [-0.2, 0) is 14.3 Å². The van der Waals surface area contributed by atoms with Gasteiger partial charge >= 0.3 is 5.97 Å². The van der Waals surface area contributed by atoms with E-state index in [1.165, 1.54) is 0 Å². The predicted molar refractivity (Wildman–Crippen MR) is 49.7 cm³/mol. The summed E-state index contributed by atoms with van der Waals surface area (Å²) in [7, 11) is 0. The molecule has 0 saturated carbocycles. The van der Waals surface area contributed by atoms with Crippen molar-refractivity contribution in [3.05, 3.63) is 0 Å². The largest absolute Gasteiger partial charge is 0.457 e. The molecule has 0 radical (unpaired) electrons. The second-order valence-electron chi connectivity index (χ2n) is 3.66. The quantitative estimate of drug-likeness (QED) is 0.505. The molecule has 0 aromatic carbocycles. The highest BCUT2D eigenvalue weighted by molar-refractivity contribution is 5.77. The van der Waals surface area contributed by atoms with Gasteiger partial charge in [0.25, 0.3) is 0 Å². The molecule has 0 spiro atoms. The van der Waals surface area contributed by atoms with Crippen molar-refractivity contribution in [2.75, 3.05) is 13.2 Å². The summed E-state index contributed by atoms with van der Waals surface area (Å²) in [6.45, 7) is 4.70. The number of alkyl halides is 1. The van der Waals surface area contributed by atoms with Crippen LogP contribution in [0.4, 0.5) is 4.39 Å². The van der Waals surface area contributed by atoms with E-state index < -0.39 is 18.2 Å². The lowest BCUT2D eigenvalue weighted by atomic mass is 10.0. The third kappa shape index (κ3) is 2.67. The first-order chi connectivity index (χ1) is 6.66. The monoisotopic (exact) mass is 204 g/mol. The van der Waals surface area contributed by atoms with Gasteiger partial charge in [0, 0.05) is 12.5 Å². The van der Waals surface area contributed by atoms with E-state index in [2.05, 4.69) is 6.92 Å². The number of halogens is 1. The lowest BCUT2D eigenvalue weighted by Gasteiger charge is -2.13. The number of hydrogen-bond donors (Lipinski definition) is 0. The van der Waals surface area contributed by atoms with Gasteiger partial charge in [-0.15, -0.1) is 0 Å². The van der Waals surface area contributed by atoms with Crippen molar-refractivity contribution < 1.29 is 18.7 Å². The number of esters is 1. The van der Waals surface area contributed by atoms with E-state index in [0.717, 1.165) is 12.8 Å². The summed E-state index contributed by atoms with van der Waals surface area (Å²) < 4.78 is 23.1. The second-order valence-corrected chi connectivity index (χ2v) is 3.66. The first-order valence-electron chi connectivity index (χ1n) is 5.09. The molecule has 0 aromatic heterocycles. The maximum absolute atomic E-state index is 13.0. The zero-order valence-electron chi connectivity index (χ0n) is 8.66. The van der Waals surface area contributed by atoms with Crippen molar-refractivity contribution in [3.63, 3.8) is 0 Å². The van der Waals surface area contributed by atoms with Crippen LogP contribution in [0.3, 0.4) is 0 Å². The van der Waals surface area contributed by atoms with Crippen LogP contribution in [0.5, 0.6) is 0 Å². The van der Waals surface area contributed by atoms with Crippen molar-refractivity contribution in [3.8, 4) is 0 Å². The number of cyclic esters (lactones) is 1. The smallest absolute Gasteiger partial charge is 0.341 e. The Morgan fingerprint density at radius 3 is 2.79 bits per heavy atom. The van der Waals surface area contributed by atoms with Gasteiger partial charge in [-0.25, -0.2) is 9.18 Å². The molecule has 1 aliphatic rings. The summed E-state index contributed by atoms with van der Waals surface area (Å²) in [6.07, 6.45) is 0.156. The van der Waals surface area contributed by atoms with E-state index in [1.807, 2.05) is 0 Å². The number of hydrogen-bond acceptors (Lipinski definition) is 3. The minimum Gasteiger partial charge on any atom is -0.457 e. The fourth-order valence-corrected chi connectivity index (χ4v) is 1.36. The van der Waals surface area contributed by atoms with Crippen molar-refractivity contribution in [2.45, 2.75) is 39.0 Å². The van der Waals surface area contributed by atoms with Crippen molar-refractivity contribution in [2.24, 2.45) is 5.92 Å². The molecule has 3 atom stereocenters. The van der Waals surface area contributed by atoms with Crippen molar-refractivity contribution in [1.82, 2.24) is 0 Å². The van der Waals surface area contributed by atoms with Gasteiger partial charge in [0.05, 0.1) is 6.61 Å². The first kappa shape index (κ1) is 11.4. The Kier molecular flexibility index (Phi) is 4.32. The topological polar surface area (TPSA) is 35.5 Å². The van der Waals surface area contributed by atoms with Crippen molar-refractivity contribution in [1.29, 1.82) is 0 Å².